The molecule has 1 aliphatic rings. The van der Waals surface area contributed by atoms with E-state index in [-0.39, 0.29) is 6.04 Å². The zero-order valence-corrected chi connectivity index (χ0v) is 8.16. The summed E-state index contributed by atoms with van der Waals surface area (Å²) in [7, 11) is 2.09. The van der Waals surface area contributed by atoms with Crippen LogP contribution in [0.15, 0.2) is 16.5 Å². The quantitative estimate of drug-likeness (QED) is 0.699. The lowest BCUT2D eigenvalue weighted by Crippen LogP contribution is -2.27. The lowest BCUT2D eigenvalue weighted by Gasteiger charge is -2.10. The van der Waals surface area contributed by atoms with Gasteiger partial charge in [0.1, 0.15) is 11.5 Å². The first-order valence-corrected chi connectivity index (χ1v) is 4.67. The molecule has 1 aromatic rings. The minimum Gasteiger partial charge on any atom is -0.466 e. The molecule has 1 saturated heterocycles. The summed E-state index contributed by atoms with van der Waals surface area (Å²) in [6.07, 6.45) is 0. The Labute approximate surface area is 78.5 Å². The van der Waals surface area contributed by atoms with E-state index < -0.39 is 0 Å². The number of hydrogen-bond donors (Lipinski definition) is 1. The van der Waals surface area contributed by atoms with Crippen molar-refractivity contribution in [2.24, 2.45) is 5.73 Å². The van der Waals surface area contributed by atoms with E-state index in [4.69, 9.17) is 10.2 Å². The highest BCUT2D eigenvalue weighted by atomic mass is 16.3. The van der Waals surface area contributed by atoms with Gasteiger partial charge < -0.3 is 15.1 Å². The fourth-order valence-corrected chi connectivity index (χ4v) is 1.99. The lowest BCUT2D eigenvalue weighted by atomic mass is 10.0. The van der Waals surface area contributed by atoms with Gasteiger partial charge in [0, 0.05) is 25.0 Å². The Bertz CT molecular complexity index is 295. The van der Waals surface area contributed by atoms with Gasteiger partial charge in [-0.3, -0.25) is 0 Å². The number of furan rings is 1. The van der Waals surface area contributed by atoms with E-state index in [1.54, 1.807) is 0 Å². The van der Waals surface area contributed by atoms with E-state index in [0.717, 1.165) is 24.6 Å². The third kappa shape index (κ3) is 1.62. The molecule has 2 atom stereocenters. The average Bonchev–Trinajstić information content (AvgIpc) is 2.58. The second-order valence-electron chi connectivity index (χ2n) is 3.94. The van der Waals surface area contributed by atoms with E-state index in [1.807, 2.05) is 19.1 Å². The van der Waals surface area contributed by atoms with Crippen molar-refractivity contribution in [2.45, 2.75) is 18.9 Å². The summed E-state index contributed by atoms with van der Waals surface area (Å²) in [6, 6.07) is 4.26. The molecule has 0 spiro atoms. The third-order valence-corrected chi connectivity index (χ3v) is 2.67. The summed E-state index contributed by atoms with van der Waals surface area (Å²) >= 11 is 0. The van der Waals surface area contributed by atoms with Crippen LogP contribution in [-0.2, 0) is 0 Å². The van der Waals surface area contributed by atoms with Crippen molar-refractivity contribution in [2.75, 3.05) is 20.1 Å². The van der Waals surface area contributed by atoms with Crippen LogP contribution in [0.4, 0.5) is 0 Å². The Hall–Kier alpha value is -0.800. The monoisotopic (exact) mass is 180 g/mol. The fraction of sp³-hybridized carbons (Fsp3) is 0.600. The number of nitrogens with two attached hydrogens (primary N) is 1. The molecule has 0 amide bonds. The van der Waals surface area contributed by atoms with Gasteiger partial charge in [0.25, 0.3) is 0 Å². The molecular formula is C10H16N2O. The largest absolute Gasteiger partial charge is 0.466 e. The molecule has 1 aliphatic heterocycles. The Balaban J connectivity index is 2.17. The zero-order chi connectivity index (χ0) is 9.42. The molecule has 3 nitrogen and oxygen atoms in total. The minimum absolute atomic E-state index is 0.218. The van der Waals surface area contributed by atoms with Gasteiger partial charge >= 0.3 is 0 Å². The molecular weight excluding hydrogens is 164 g/mol. The highest BCUT2D eigenvalue weighted by Gasteiger charge is 2.31. The maximum Gasteiger partial charge on any atom is 0.110 e. The fourth-order valence-electron chi connectivity index (χ4n) is 1.99. The molecule has 0 radical (unpaired) electrons. The maximum atomic E-state index is 6.01. The predicted molar refractivity (Wildman–Crippen MR) is 51.7 cm³/mol. The SMILES string of the molecule is Cc1ccc([C@@H]2CN(C)C[C@H]2N)o1. The van der Waals surface area contributed by atoms with Crippen molar-refractivity contribution in [1.82, 2.24) is 4.90 Å². The number of likely N-dealkylation sites (N-methyl/N-ethyl adjacent to an activating group) is 1. The summed E-state index contributed by atoms with van der Waals surface area (Å²) in [5.74, 6) is 2.38. The summed E-state index contributed by atoms with van der Waals surface area (Å²) in [4.78, 5) is 2.24. The Morgan fingerprint density at radius 1 is 1.46 bits per heavy atom. The van der Waals surface area contributed by atoms with Gasteiger partial charge in [0.05, 0.1) is 0 Å². The summed E-state index contributed by atoms with van der Waals surface area (Å²) in [6.45, 7) is 3.94. The van der Waals surface area contributed by atoms with Crippen molar-refractivity contribution in [3.05, 3.63) is 23.7 Å². The molecule has 1 fully saturated rings. The molecule has 0 aliphatic carbocycles. The number of nitrogens with zero attached hydrogens (tertiary/aromatic N) is 1. The van der Waals surface area contributed by atoms with E-state index in [9.17, 15) is 0 Å². The van der Waals surface area contributed by atoms with Crippen molar-refractivity contribution < 1.29 is 4.42 Å². The Morgan fingerprint density at radius 3 is 2.69 bits per heavy atom. The number of aryl methyl sites for hydroxylation is 1. The topological polar surface area (TPSA) is 42.4 Å². The van der Waals surface area contributed by atoms with E-state index in [0.29, 0.717) is 5.92 Å². The van der Waals surface area contributed by atoms with Crippen LogP contribution in [0.5, 0.6) is 0 Å². The molecule has 72 valence electrons. The van der Waals surface area contributed by atoms with Gasteiger partial charge in [-0.2, -0.15) is 0 Å². The van der Waals surface area contributed by atoms with Gasteiger partial charge in [0.15, 0.2) is 0 Å². The summed E-state index contributed by atoms with van der Waals surface area (Å²) in [5.41, 5.74) is 6.01. The van der Waals surface area contributed by atoms with Gasteiger partial charge in [-0.15, -0.1) is 0 Å². The molecule has 0 aromatic carbocycles. The molecule has 0 bridgehead atoms. The highest BCUT2D eigenvalue weighted by molar-refractivity contribution is 5.15. The molecule has 0 unspecified atom stereocenters. The predicted octanol–water partition coefficient (Wildman–Crippen LogP) is 0.944. The van der Waals surface area contributed by atoms with Gasteiger partial charge in [-0.05, 0) is 26.1 Å². The molecule has 1 aromatic heterocycles. The minimum atomic E-state index is 0.218. The first kappa shape index (κ1) is 8.78. The molecule has 0 saturated carbocycles. The van der Waals surface area contributed by atoms with Crippen LogP contribution in [0.3, 0.4) is 0 Å². The van der Waals surface area contributed by atoms with Crippen LogP contribution in [-0.4, -0.2) is 31.1 Å². The van der Waals surface area contributed by atoms with Crippen LogP contribution < -0.4 is 5.73 Å². The van der Waals surface area contributed by atoms with Crippen molar-refractivity contribution in [1.29, 1.82) is 0 Å². The van der Waals surface area contributed by atoms with E-state index in [1.165, 1.54) is 0 Å². The summed E-state index contributed by atoms with van der Waals surface area (Å²) < 4.78 is 5.58. The van der Waals surface area contributed by atoms with Crippen LogP contribution in [0, 0.1) is 6.92 Å². The summed E-state index contributed by atoms with van der Waals surface area (Å²) in [5, 5.41) is 0. The number of rotatable bonds is 1. The van der Waals surface area contributed by atoms with E-state index in [2.05, 4.69) is 11.9 Å². The van der Waals surface area contributed by atoms with E-state index >= 15 is 0 Å². The van der Waals surface area contributed by atoms with Crippen molar-refractivity contribution in [3.63, 3.8) is 0 Å². The average molecular weight is 180 g/mol. The number of likely N-dealkylation sites (tertiary alicyclic amines) is 1. The maximum absolute atomic E-state index is 6.01. The van der Waals surface area contributed by atoms with Crippen molar-refractivity contribution in [3.8, 4) is 0 Å². The normalized spacial score (nSPS) is 29.8. The van der Waals surface area contributed by atoms with Crippen LogP contribution in [0.2, 0.25) is 0 Å². The van der Waals surface area contributed by atoms with Crippen LogP contribution in [0.1, 0.15) is 17.4 Å². The first-order chi connectivity index (χ1) is 6.16. The zero-order valence-electron chi connectivity index (χ0n) is 8.16. The van der Waals surface area contributed by atoms with Gasteiger partial charge in [0.2, 0.25) is 0 Å². The molecule has 2 rings (SSSR count). The van der Waals surface area contributed by atoms with Crippen LogP contribution >= 0.6 is 0 Å². The number of hydrogen-bond acceptors (Lipinski definition) is 3. The van der Waals surface area contributed by atoms with Gasteiger partial charge in [-0.1, -0.05) is 0 Å². The lowest BCUT2D eigenvalue weighted by molar-refractivity contribution is 0.393. The second-order valence-corrected chi connectivity index (χ2v) is 3.94. The molecule has 2 N–H and O–H groups in total. The second kappa shape index (κ2) is 3.16. The van der Waals surface area contributed by atoms with Crippen LogP contribution in [0.25, 0.3) is 0 Å². The Kier molecular flexibility index (Phi) is 2.14. The standard InChI is InChI=1S/C10H16N2O/c1-7-3-4-10(13-7)8-5-12(2)6-9(8)11/h3-4,8-9H,5-6,11H2,1-2H3/t8-,9-/m1/s1. The smallest absolute Gasteiger partial charge is 0.110 e. The Morgan fingerprint density at radius 2 is 2.23 bits per heavy atom. The molecule has 3 heteroatoms. The molecule has 2 heterocycles. The highest BCUT2D eigenvalue weighted by Crippen LogP contribution is 2.26. The third-order valence-electron chi connectivity index (χ3n) is 2.67. The first-order valence-electron chi connectivity index (χ1n) is 4.67. The molecule has 13 heavy (non-hydrogen) atoms. The van der Waals surface area contributed by atoms with Crippen molar-refractivity contribution >= 4 is 0 Å². The van der Waals surface area contributed by atoms with Gasteiger partial charge in [-0.25, -0.2) is 0 Å².